The molecular weight excluding hydrogens is 314 g/mol. The molecule has 0 radical (unpaired) electrons. The monoisotopic (exact) mass is 341 g/mol. The summed E-state index contributed by atoms with van der Waals surface area (Å²) in [6, 6.07) is 14.0. The normalized spacial score (nSPS) is 15.2. The van der Waals surface area contributed by atoms with Crippen molar-refractivity contribution in [1.29, 1.82) is 0 Å². The largest absolute Gasteiger partial charge is 0.484 e. The first-order valence-corrected chi connectivity index (χ1v) is 9.31. The number of nitrogens with one attached hydrogen (secondary N) is 1. The summed E-state index contributed by atoms with van der Waals surface area (Å²) in [5, 5.41) is 5.16. The van der Waals surface area contributed by atoms with Gasteiger partial charge in [0.25, 0.3) is 5.91 Å². The molecule has 1 N–H and O–H groups in total. The van der Waals surface area contributed by atoms with Crippen LogP contribution in [-0.4, -0.2) is 31.8 Å². The maximum atomic E-state index is 11.9. The van der Waals surface area contributed by atoms with E-state index in [4.69, 9.17) is 9.47 Å². The number of carbonyl (C=O) groups is 1. The van der Waals surface area contributed by atoms with E-state index in [1.54, 1.807) is 0 Å². The summed E-state index contributed by atoms with van der Waals surface area (Å²) in [6.07, 6.45) is 7.56. The van der Waals surface area contributed by atoms with Gasteiger partial charge in [0.1, 0.15) is 5.75 Å². The predicted molar refractivity (Wildman–Crippen MR) is 99.9 cm³/mol. The van der Waals surface area contributed by atoms with Gasteiger partial charge in [-0.1, -0.05) is 49.6 Å². The van der Waals surface area contributed by atoms with E-state index < -0.39 is 0 Å². The van der Waals surface area contributed by atoms with Gasteiger partial charge in [0.15, 0.2) is 6.61 Å². The fourth-order valence-corrected chi connectivity index (χ4v) is 3.24. The highest BCUT2D eigenvalue weighted by Gasteiger charge is 2.13. The lowest BCUT2D eigenvalue weighted by atomic mass is 9.98. The summed E-state index contributed by atoms with van der Waals surface area (Å²) in [4.78, 5) is 11.9. The molecule has 0 bridgehead atoms. The van der Waals surface area contributed by atoms with Crippen LogP contribution in [0.5, 0.6) is 5.75 Å². The molecule has 4 heteroatoms. The summed E-state index contributed by atoms with van der Waals surface area (Å²) in [5.74, 6) is 0.625. The number of hydrogen-bond donors (Lipinski definition) is 1. The summed E-state index contributed by atoms with van der Waals surface area (Å²) in [5.41, 5.74) is 0. The Labute approximate surface area is 149 Å². The van der Waals surface area contributed by atoms with E-state index in [1.807, 2.05) is 36.4 Å². The molecule has 0 heterocycles. The van der Waals surface area contributed by atoms with E-state index >= 15 is 0 Å². The van der Waals surface area contributed by atoms with Crippen LogP contribution in [0.15, 0.2) is 42.5 Å². The molecule has 0 aromatic heterocycles. The zero-order valence-corrected chi connectivity index (χ0v) is 14.7. The Morgan fingerprint density at radius 1 is 1.04 bits per heavy atom. The highest BCUT2D eigenvalue weighted by Crippen LogP contribution is 2.21. The van der Waals surface area contributed by atoms with Crippen molar-refractivity contribution in [2.75, 3.05) is 19.8 Å². The molecule has 1 amide bonds. The maximum absolute atomic E-state index is 11.9. The quantitative estimate of drug-likeness (QED) is 0.736. The molecule has 0 saturated heterocycles. The molecule has 134 valence electrons. The number of ether oxygens (including phenoxy) is 2. The van der Waals surface area contributed by atoms with Gasteiger partial charge in [-0.3, -0.25) is 4.79 Å². The molecule has 1 aliphatic carbocycles. The van der Waals surface area contributed by atoms with Crippen LogP contribution in [0.25, 0.3) is 10.8 Å². The summed E-state index contributed by atoms with van der Waals surface area (Å²) in [7, 11) is 0. The summed E-state index contributed by atoms with van der Waals surface area (Å²) in [6.45, 7) is 1.39. The highest BCUT2D eigenvalue weighted by molar-refractivity contribution is 5.84. The van der Waals surface area contributed by atoms with Gasteiger partial charge in [0.05, 0.1) is 6.10 Å². The standard InChI is InChI=1S/C21H27NO3/c23-21(22-13-6-14-24-19-9-2-1-3-10-19)16-25-20-12-11-17-7-4-5-8-18(17)15-20/h4-5,7-8,11-12,15,19H,1-3,6,9-10,13-14,16H2,(H,22,23). The van der Waals surface area contributed by atoms with Crippen LogP contribution in [0, 0.1) is 0 Å². The first kappa shape index (κ1) is 17.7. The van der Waals surface area contributed by atoms with Crippen molar-refractivity contribution in [3.63, 3.8) is 0 Å². The molecule has 1 aliphatic rings. The van der Waals surface area contributed by atoms with Crippen LogP contribution in [0.1, 0.15) is 38.5 Å². The highest BCUT2D eigenvalue weighted by atomic mass is 16.5. The smallest absolute Gasteiger partial charge is 0.257 e. The van der Waals surface area contributed by atoms with Crippen molar-refractivity contribution < 1.29 is 14.3 Å². The van der Waals surface area contributed by atoms with Gasteiger partial charge in [-0.15, -0.1) is 0 Å². The number of fused-ring (bicyclic) bond motifs is 1. The molecule has 0 unspecified atom stereocenters. The Hall–Kier alpha value is -2.07. The molecule has 3 rings (SSSR count). The zero-order valence-electron chi connectivity index (χ0n) is 14.7. The van der Waals surface area contributed by atoms with E-state index in [1.165, 1.54) is 32.1 Å². The topological polar surface area (TPSA) is 47.6 Å². The van der Waals surface area contributed by atoms with E-state index in [2.05, 4.69) is 11.4 Å². The second-order valence-corrected chi connectivity index (χ2v) is 6.63. The number of hydrogen-bond acceptors (Lipinski definition) is 3. The van der Waals surface area contributed by atoms with Crippen molar-refractivity contribution >= 4 is 16.7 Å². The van der Waals surface area contributed by atoms with Crippen molar-refractivity contribution in [2.24, 2.45) is 0 Å². The molecule has 0 atom stereocenters. The average molecular weight is 341 g/mol. The Morgan fingerprint density at radius 2 is 1.84 bits per heavy atom. The van der Waals surface area contributed by atoms with E-state index in [-0.39, 0.29) is 12.5 Å². The fourth-order valence-electron chi connectivity index (χ4n) is 3.24. The molecule has 1 saturated carbocycles. The van der Waals surface area contributed by atoms with Gasteiger partial charge in [-0.25, -0.2) is 0 Å². The molecular formula is C21H27NO3. The van der Waals surface area contributed by atoms with Gasteiger partial charge in [-0.2, -0.15) is 0 Å². The number of carbonyl (C=O) groups excluding carboxylic acids is 1. The van der Waals surface area contributed by atoms with Crippen LogP contribution in [0.3, 0.4) is 0 Å². The van der Waals surface area contributed by atoms with Crippen LogP contribution in [0.2, 0.25) is 0 Å². The van der Waals surface area contributed by atoms with Crippen molar-refractivity contribution in [2.45, 2.75) is 44.6 Å². The molecule has 2 aromatic rings. The second kappa shape index (κ2) is 9.42. The summed E-state index contributed by atoms with van der Waals surface area (Å²) >= 11 is 0. The van der Waals surface area contributed by atoms with Gasteiger partial charge < -0.3 is 14.8 Å². The Kier molecular flexibility index (Phi) is 6.69. The Balaban J connectivity index is 1.30. The lowest BCUT2D eigenvalue weighted by molar-refractivity contribution is -0.123. The fraction of sp³-hybridized carbons (Fsp3) is 0.476. The van der Waals surface area contributed by atoms with Crippen molar-refractivity contribution in [3.05, 3.63) is 42.5 Å². The minimum absolute atomic E-state index is 0.0435. The Bertz CT molecular complexity index is 680. The number of rotatable bonds is 8. The van der Waals surface area contributed by atoms with Crippen molar-refractivity contribution in [3.8, 4) is 5.75 Å². The molecule has 2 aromatic carbocycles. The van der Waals surface area contributed by atoms with Crippen LogP contribution in [-0.2, 0) is 9.53 Å². The predicted octanol–water partition coefficient (Wildman–Crippen LogP) is 4.07. The van der Waals surface area contributed by atoms with Crippen LogP contribution >= 0.6 is 0 Å². The SMILES string of the molecule is O=C(COc1ccc2ccccc2c1)NCCCOC1CCCCC1. The Morgan fingerprint density at radius 3 is 2.68 bits per heavy atom. The van der Waals surface area contributed by atoms with E-state index in [0.29, 0.717) is 12.6 Å². The molecule has 25 heavy (non-hydrogen) atoms. The van der Waals surface area contributed by atoms with Crippen LogP contribution < -0.4 is 10.1 Å². The molecule has 0 spiro atoms. The van der Waals surface area contributed by atoms with Crippen molar-refractivity contribution in [1.82, 2.24) is 5.32 Å². The average Bonchev–Trinajstić information content (AvgIpc) is 2.67. The van der Waals surface area contributed by atoms with Gasteiger partial charge in [-0.05, 0) is 42.2 Å². The summed E-state index contributed by atoms with van der Waals surface area (Å²) < 4.78 is 11.4. The third-order valence-corrected chi connectivity index (χ3v) is 4.64. The van der Waals surface area contributed by atoms with E-state index in [0.717, 1.165) is 29.5 Å². The first-order valence-electron chi connectivity index (χ1n) is 9.31. The third kappa shape index (κ3) is 5.75. The van der Waals surface area contributed by atoms with Gasteiger partial charge in [0.2, 0.25) is 0 Å². The number of amides is 1. The number of benzene rings is 2. The maximum Gasteiger partial charge on any atom is 0.257 e. The second-order valence-electron chi connectivity index (χ2n) is 6.63. The van der Waals surface area contributed by atoms with Gasteiger partial charge in [0, 0.05) is 13.2 Å². The lowest BCUT2D eigenvalue weighted by Crippen LogP contribution is -2.30. The first-order chi connectivity index (χ1) is 12.3. The van der Waals surface area contributed by atoms with E-state index in [9.17, 15) is 4.79 Å². The minimum atomic E-state index is -0.0918. The molecule has 4 nitrogen and oxygen atoms in total. The van der Waals surface area contributed by atoms with Gasteiger partial charge >= 0.3 is 0 Å². The third-order valence-electron chi connectivity index (χ3n) is 4.64. The lowest BCUT2D eigenvalue weighted by Gasteiger charge is -2.21. The zero-order chi connectivity index (χ0) is 17.3. The van der Waals surface area contributed by atoms with Crippen LogP contribution in [0.4, 0.5) is 0 Å². The molecule has 1 fully saturated rings. The minimum Gasteiger partial charge on any atom is -0.484 e. The molecule has 0 aliphatic heterocycles.